The Labute approximate surface area is 150 Å². The van der Waals surface area contributed by atoms with Crippen LogP contribution in [0.15, 0.2) is 24.4 Å². The first-order valence-corrected chi connectivity index (χ1v) is 7.59. The van der Waals surface area contributed by atoms with Gasteiger partial charge >= 0.3 is 0 Å². The summed E-state index contributed by atoms with van der Waals surface area (Å²) in [5.41, 5.74) is 0. The van der Waals surface area contributed by atoms with Crippen molar-refractivity contribution in [1.29, 1.82) is 0 Å². The Morgan fingerprint density at radius 1 is 1.17 bits per heavy atom. The van der Waals surface area contributed by atoms with E-state index in [1.165, 1.54) is 0 Å². The number of amides is 1. The summed E-state index contributed by atoms with van der Waals surface area (Å²) in [6, 6.07) is 6.00. The van der Waals surface area contributed by atoms with Crippen molar-refractivity contribution in [1.82, 2.24) is 20.5 Å². The molecule has 0 saturated carbocycles. The van der Waals surface area contributed by atoms with Crippen molar-refractivity contribution in [3.63, 3.8) is 0 Å². The van der Waals surface area contributed by atoms with Crippen LogP contribution in [0.3, 0.4) is 0 Å². The Balaban J connectivity index is 0.00000242. The number of carbonyl (C=O) groups is 1. The zero-order chi connectivity index (χ0) is 14.9. The fourth-order valence-corrected chi connectivity index (χ4v) is 2.42. The minimum Gasteiger partial charge on any atom is -0.355 e. The topological polar surface area (TPSA) is 60.5 Å². The third kappa shape index (κ3) is 7.83. The van der Waals surface area contributed by atoms with Crippen LogP contribution in [-0.2, 0) is 4.79 Å². The van der Waals surface area contributed by atoms with E-state index in [0.29, 0.717) is 13.0 Å². The first-order chi connectivity index (χ1) is 10.3. The van der Waals surface area contributed by atoms with E-state index in [0.717, 1.165) is 45.1 Å². The molecule has 132 valence electrons. The van der Waals surface area contributed by atoms with Gasteiger partial charge in [-0.05, 0) is 19.2 Å². The molecule has 0 radical (unpaired) electrons. The number of hydrogen-bond acceptors (Lipinski definition) is 5. The summed E-state index contributed by atoms with van der Waals surface area (Å²) in [4.78, 5) is 20.7. The Hall–Kier alpha value is -1.08. The van der Waals surface area contributed by atoms with Crippen LogP contribution in [0.25, 0.3) is 0 Å². The smallest absolute Gasteiger partial charge is 0.221 e. The predicted molar refractivity (Wildman–Crippen MR) is 98.9 cm³/mol. The van der Waals surface area contributed by atoms with Crippen LogP contribution >= 0.6 is 24.8 Å². The summed E-state index contributed by atoms with van der Waals surface area (Å²) in [7, 11) is 1.88. The van der Waals surface area contributed by atoms with Crippen LogP contribution in [0.5, 0.6) is 0 Å². The maximum absolute atomic E-state index is 11.7. The molecule has 2 rings (SSSR count). The molecule has 1 fully saturated rings. The first-order valence-electron chi connectivity index (χ1n) is 7.59. The van der Waals surface area contributed by atoms with Gasteiger partial charge in [0.1, 0.15) is 5.82 Å². The zero-order valence-electron chi connectivity index (χ0n) is 13.5. The van der Waals surface area contributed by atoms with Gasteiger partial charge in [0.2, 0.25) is 5.91 Å². The van der Waals surface area contributed by atoms with Crippen LogP contribution < -0.4 is 15.5 Å². The molecule has 2 heterocycles. The normalized spacial score (nSPS) is 14.6. The average Bonchev–Trinajstić information content (AvgIpc) is 2.54. The molecule has 1 amide bonds. The number of nitrogens with zero attached hydrogens (tertiary/aromatic N) is 3. The van der Waals surface area contributed by atoms with Gasteiger partial charge in [-0.3, -0.25) is 9.69 Å². The van der Waals surface area contributed by atoms with Crippen LogP contribution in [0.1, 0.15) is 6.42 Å². The van der Waals surface area contributed by atoms with Crippen molar-refractivity contribution in [2.24, 2.45) is 0 Å². The SMILES string of the molecule is CNCCNC(=O)CCN1CCN(c2ccccn2)CC1.Cl.Cl. The van der Waals surface area contributed by atoms with Gasteiger partial charge in [-0.2, -0.15) is 0 Å². The maximum atomic E-state index is 11.7. The summed E-state index contributed by atoms with van der Waals surface area (Å²) in [6.45, 7) is 6.26. The number of hydrogen-bond donors (Lipinski definition) is 2. The van der Waals surface area contributed by atoms with Gasteiger partial charge in [-0.25, -0.2) is 4.98 Å². The number of likely N-dealkylation sites (N-methyl/N-ethyl adjacent to an activating group) is 1. The molecule has 1 aliphatic heterocycles. The number of anilines is 1. The van der Waals surface area contributed by atoms with Gasteiger partial charge in [-0.1, -0.05) is 6.07 Å². The third-order valence-corrected chi connectivity index (χ3v) is 3.70. The predicted octanol–water partition coefficient (Wildman–Crippen LogP) is 0.773. The van der Waals surface area contributed by atoms with Gasteiger partial charge < -0.3 is 15.5 Å². The van der Waals surface area contributed by atoms with E-state index in [2.05, 4.69) is 25.4 Å². The van der Waals surface area contributed by atoms with Gasteiger partial charge in [0.05, 0.1) is 0 Å². The first kappa shape index (κ1) is 21.9. The molecule has 23 heavy (non-hydrogen) atoms. The largest absolute Gasteiger partial charge is 0.355 e. The monoisotopic (exact) mass is 363 g/mol. The highest BCUT2D eigenvalue weighted by Crippen LogP contribution is 2.12. The van der Waals surface area contributed by atoms with Crippen LogP contribution in [0, 0.1) is 0 Å². The van der Waals surface area contributed by atoms with E-state index in [1.807, 2.05) is 31.4 Å². The lowest BCUT2D eigenvalue weighted by molar-refractivity contribution is -0.121. The minimum atomic E-state index is 0. The van der Waals surface area contributed by atoms with Crippen LogP contribution in [0.4, 0.5) is 5.82 Å². The summed E-state index contributed by atoms with van der Waals surface area (Å²) >= 11 is 0. The van der Waals surface area contributed by atoms with Gasteiger partial charge in [0, 0.05) is 58.4 Å². The molecule has 0 unspecified atom stereocenters. The Bertz CT molecular complexity index is 427. The quantitative estimate of drug-likeness (QED) is 0.700. The van der Waals surface area contributed by atoms with Crippen molar-refractivity contribution < 1.29 is 4.79 Å². The van der Waals surface area contributed by atoms with Crippen LogP contribution in [-0.4, -0.2) is 68.7 Å². The minimum absolute atomic E-state index is 0. The zero-order valence-corrected chi connectivity index (χ0v) is 15.2. The molecule has 0 aliphatic carbocycles. The Morgan fingerprint density at radius 2 is 1.91 bits per heavy atom. The second kappa shape index (κ2) is 12.4. The van der Waals surface area contributed by atoms with Crippen molar-refractivity contribution in [2.45, 2.75) is 6.42 Å². The standard InChI is InChI=1S/C15H25N5O.2ClH/c1-16-7-8-18-15(21)5-9-19-10-12-20(13-11-19)14-4-2-3-6-17-14;;/h2-4,6,16H,5,7-13H2,1H3,(H,18,21);2*1H. The molecule has 0 bridgehead atoms. The van der Waals surface area contributed by atoms with Crippen molar-refractivity contribution >= 4 is 36.5 Å². The maximum Gasteiger partial charge on any atom is 0.221 e. The van der Waals surface area contributed by atoms with E-state index in [1.54, 1.807) is 0 Å². The summed E-state index contributed by atoms with van der Waals surface area (Å²) in [6.07, 6.45) is 2.41. The molecule has 0 spiro atoms. The Morgan fingerprint density at radius 3 is 2.52 bits per heavy atom. The van der Waals surface area contributed by atoms with E-state index in [-0.39, 0.29) is 30.7 Å². The second-order valence-corrected chi connectivity index (χ2v) is 5.22. The molecule has 2 N–H and O–H groups in total. The lowest BCUT2D eigenvalue weighted by Crippen LogP contribution is -2.47. The lowest BCUT2D eigenvalue weighted by Gasteiger charge is -2.35. The van der Waals surface area contributed by atoms with Crippen LogP contribution in [0.2, 0.25) is 0 Å². The second-order valence-electron chi connectivity index (χ2n) is 5.22. The molecule has 0 atom stereocenters. The number of pyridine rings is 1. The van der Waals surface area contributed by atoms with E-state index >= 15 is 0 Å². The van der Waals surface area contributed by atoms with Gasteiger partial charge in [-0.15, -0.1) is 24.8 Å². The molecule has 0 aromatic carbocycles. The van der Waals surface area contributed by atoms with Crippen molar-refractivity contribution in [2.75, 3.05) is 57.8 Å². The fraction of sp³-hybridized carbons (Fsp3) is 0.600. The summed E-state index contributed by atoms with van der Waals surface area (Å²) < 4.78 is 0. The third-order valence-electron chi connectivity index (χ3n) is 3.70. The molecule has 1 aliphatic rings. The number of rotatable bonds is 7. The number of aromatic nitrogens is 1. The highest BCUT2D eigenvalue weighted by molar-refractivity contribution is 5.85. The molecular weight excluding hydrogens is 337 g/mol. The van der Waals surface area contributed by atoms with E-state index in [9.17, 15) is 4.79 Å². The van der Waals surface area contributed by atoms with Crippen molar-refractivity contribution in [3.05, 3.63) is 24.4 Å². The molecule has 8 heteroatoms. The fourth-order valence-electron chi connectivity index (χ4n) is 2.42. The lowest BCUT2D eigenvalue weighted by atomic mass is 10.2. The molecule has 1 saturated heterocycles. The van der Waals surface area contributed by atoms with Gasteiger partial charge in [0.25, 0.3) is 0 Å². The summed E-state index contributed by atoms with van der Waals surface area (Å²) in [5, 5.41) is 5.92. The number of halogens is 2. The van der Waals surface area contributed by atoms with E-state index < -0.39 is 0 Å². The highest BCUT2D eigenvalue weighted by atomic mass is 35.5. The molecule has 1 aromatic rings. The average molecular weight is 364 g/mol. The number of carbonyl (C=O) groups excluding carboxylic acids is 1. The van der Waals surface area contributed by atoms with E-state index in [4.69, 9.17) is 0 Å². The van der Waals surface area contributed by atoms with Crippen molar-refractivity contribution in [3.8, 4) is 0 Å². The number of piperazine rings is 1. The number of nitrogens with one attached hydrogen (secondary N) is 2. The Kier molecular flexibility index (Phi) is 11.8. The summed E-state index contributed by atoms with van der Waals surface area (Å²) in [5.74, 6) is 1.18. The molecular formula is C15H27Cl2N5O. The molecule has 6 nitrogen and oxygen atoms in total. The molecule has 1 aromatic heterocycles. The highest BCUT2D eigenvalue weighted by Gasteiger charge is 2.18. The van der Waals surface area contributed by atoms with Gasteiger partial charge in [0.15, 0.2) is 0 Å².